The van der Waals surface area contributed by atoms with E-state index in [1.807, 2.05) is 61.8 Å². The fourth-order valence-electron chi connectivity index (χ4n) is 3.75. The first-order chi connectivity index (χ1) is 16.0. The molecule has 0 aliphatic carbocycles. The minimum atomic E-state index is -0.411. The van der Waals surface area contributed by atoms with Crippen LogP contribution in [-0.4, -0.2) is 47.8 Å². The predicted molar refractivity (Wildman–Crippen MR) is 130 cm³/mol. The lowest BCUT2D eigenvalue weighted by atomic mass is 10.0. The molecule has 0 atom stereocenters. The zero-order valence-electron chi connectivity index (χ0n) is 19.2. The summed E-state index contributed by atoms with van der Waals surface area (Å²) < 4.78 is 17.8. The Kier molecular flexibility index (Phi) is 6.55. The SMILES string of the molecule is CCOC(=O)c1c(-c2ccc(OC)cc2)nc2c(c(-c3ccc(OC)cc3)nn2C)c1SC. The van der Waals surface area contributed by atoms with E-state index in [0.717, 1.165) is 38.6 Å². The van der Waals surface area contributed by atoms with E-state index in [2.05, 4.69) is 0 Å². The van der Waals surface area contributed by atoms with E-state index in [1.54, 1.807) is 25.8 Å². The third-order valence-electron chi connectivity index (χ3n) is 5.34. The van der Waals surface area contributed by atoms with Crippen LogP contribution in [0.4, 0.5) is 0 Å². The molecule has 0 unspecified atom stereocenters. The minimum absolute atomic E-state index is 0.269. The van der Waals surface area contributed by atoms with E-state index in [1.165, 1.54) is 11.8 Å². The van der Waals surface area contributed by atoms with Gasteiger partial charge < -0.3 is 14.2 Å². The Morgan fingerprint density at radius 3 is 1.97 bits per heavy atom. The highest BCUT2D eigenvalue weighted by atomic mass is 32.2. The second-order valence-corrected chi connectivity index (χ2v) is 8.03. The lowest BCUT2D eigenvalue weighted by Gasteiger charge is -2.14. The van der Waals surface area contributed by atoms with Crippen LogP contribution in [0.15, 0.2) is 53.4 Å². The van der Waals surface area contributed by atoms with Gasteiger partial charge in [0.05, 0.1) is 31.9 Å². The number of hydrogen-bond donors (Lipinski definition) is 0. The summed E-state index contributed by atoms with van der Waals surface area (Å²) >= 11 is 1.48. The van der Waals surface area contributed by atoms with Gasteiger partial charge in [0, 0.05) is 23.1 Å². The van der Waals surface area contributed by atoms with E-state index >= 15 is 0 Å². The number of rotatable bonds is 7. The monoisotopic (exact) mass is 463 g/mol. The summed E-state index contributed by atoms with van der Waals surface area (Å²) in [6, 6.07) is 15.2. The van der Waals surface area contributed by atoms with Gasteiger partial charge >= 0.3 is 5.97 Å². The highest BCUT2D eigenvalue weighted by molar-refractivity contribution is 7.99. The largest absolute Gasteiger partial charge is 0.497 e. The number of fused-ring (bicyclic) bond motifs is 1. The van der Waals surface area contributed by atoms with Crippen LogP contribution in [0, 0.1) is 0 Å². The van der Waals surface area contributed by atoms with Gasteiger partial charge in [-0.15, -0.1) is 11.8 Å². The van der Waals surface area contributed by atoms with Gasteiger partial charge in [0.25, 0.3) is 0 Å². The highest BCUT2D eigenvalue weighted by Gasteiger charge is 2.27. The Bertz CT molecular complexity index is 1300. The van der Waals surface area contributed by atoms with Gasteiger partial charge in [-0.1, -0.05) is 0 Å². The van der Waals surface area contributed by atoms with Crippen LogP contribution in [0.5, 0.6) is 11.5 Å². The number of thioether (sulfide) groups is 1. The maximum Gasteiger partial charge on any atom is 0.341 e. The van der Waals surface area contributed by atoms with Crippen LogP contribution >= 0.6 is 11.8 Å². The second kappa shape index (κ2) is 9.54. The van der Waals surface area contributed by atoms with E-state index in [-0.39, 0.29) is 6.61 Å². The number of carbonyl (C=O) groups is 1. The average molecular weight is 464 g/mol. The van der Waals surface area contributed by atoms with E-state index < -0.39 is 5.97 Å². The molecular formula is C25H25N3O4S. The molecule has 2 heterocycles. The first kappa shape index (κ1) is 22.7. The number of aromatic nitrogens is 3. The molecule has 0 bridgehead atoms. The van der Waals surface area contributed by atoms with Gasteiger partial charge in [-0.05, 0) is 61.7 Å². The highest BCUT2D eigenvalue weighted by Crippen LogP contribution is 2.40. The normalized spacial score (nSPS) is 10.9. The Hall–Kier alpha value is -3.52. The lowest BCUT2D eigenvalue weighted by molar-refractivity contribution is 0.0523. The molecule has 4 aromatic rings. The number of carbonyl (C=O) groups excluding carboxylic acids is 1. The van der Waals surface area contributed by atoms with Crippen LogP contribution in [0.3, 0.4) is 0 Å². The van der Waals surface area contributed by atoms with Crippen molar-refractivity contribution in [2.75, 3.05) is 27.1 Å². The summed E-state index contributed by atoms with van der Waals surface area (Å²) in [5.41, 5.74) is 4.12. The Labute approximate surface area is 196 Å². The van der Waals surface area contributed by atoms with Gasteiger partial charge in [-0.25, -0.2) is 14.5 Å². The first-order valence-corrected chi connectivity index (χ1v) is 11.7. The number of methoxy groups -OCH3 is 2. The average Bonchev–Trinajstić information content (AvgIpc) is 3.19. The second-order valence-electron chi connectivity index (χ2n) is 7.22. The minimum Gasteiger partial charge on any atom is -0.497 e. The van der Waals surface area contributed by atoms with Crippen LogP contribution < -0.4 is 9.47 Å². The molecule has 8 heteroatoms. The summed E-state index contributed by atoms with van der Waals surface area (Å²) in [4.78, 5) is 18.9. The van der Waals surface area contributed by atoms with Crippen molar-refractivity contribution in [3.05, 3.63) is 54.1 Å². The maximum absolute atomic E-state index is 13.2. The van der Waals surface area contributed by atoms with Crippen LogP contribution in [0.25, 0.3) is 33.5 Å². The fourth-order valence-corrected chi connectivity index (χ4v) is 4.53. The number of benzene rings is 2. The molecule has 0 spiro atoms. The van der Waals surface area contributed by atoms with Crippen LogP contribution in [0.1, 0.15) is 17.3 Å². The molecule has 170 valence electrons. The molecule has 0 aliphatic rings. The van der Waals surface area contributed by atoms with Crippen molar-refractivity contribution in [3.63, 3.8) is 0 Å². The molecule has 0 aliphatic heterocycles. The summed E-state index contributed by atoms with van der Waals surface area (Å²) in [5.74, 6) is 1.08. The van der Waals surface area contributed by atoms with Crippen molar-refractivity contribution in [2.45, 2.75) is 11.8 Å². The fraction of sp³-hybridized carbons (Fsp3) is 0.240. The maximum atomic E-state index is 13.2. The quantitative estimate of drug-likeness (QED) is 0.275. The summed E-state index contributed by atoms with van der Waals surface area (Å²) in [5, 5.41) is 5.58. The molecule has 2 aromatic carbocycles. The number of pyridine rings is 1. The van der Waals surface area contributed by atoms with E-state index in [9.17, 15) is 4.79 Å². The number of nitrogens with zero attached hydrogens (tertiary/aromatic N) is 3. The van der Waals surface area contributed by atoms with Crippen molar-refractivity contribution in [3.8, 4) is 34.0 Å². The van der Waals surface area contributed by atoms with Crippen molar-refractivity contribution in [1.29, 1.82) is 0 Å². The predicted octanol–water partition coefficient (Wildman–Crippen LogP) is 5.22. The Balaban J connectivity index is 2.03. The molecule has 0 radical (unpaired) electrons. The topological polar surface area (TPSA) is 75.5 Å². The smallest absolute Gasteiger partial charge is 0.341 e. The summed E-state index contributed by atoms with van der Waals surface area (Å²) in [6.07, 6.45) is 1.94. The van der Waals surface area contributed by atoms with Crippen molar-refractivity contribution < 1.29 is 19.0 Å². The van der Waals surface area contributed by atoms with Gasteiger partial charge in [-0.2, -0.15) is 5.10 Å². The molecule has 2 aromatic heterocycles. The van der Waals surface area contributed by atoms with Gasteiger partial charge in [0.2, 0.25) is 0 Å². The van der Waals surface area contributed by atoms with E-state index in [0.29, 0.717) is 16.9 Å². The third-order valence-corrected chi connectivity index (χ3v) is 6.15. The van der Waals surface area contributed by atoms with Gasteiger partial charge in [0.15, 0.2) is 5.65 Å². The molecular weight excluding hydrogens is 438 g/mol. The number of hydrogen-bond acceptors (Lipinski definition) is 7. The number of ether oxygens (including phenoxy) is 3. The first-order valence-electron chi connectivity index (χ1n) is 10.4. The van der Waals surface area contributed by atoms with Crippen LogP contribution in [-0.2, 0) is 11.8 Å². The molecule has 33 heavy (non-hydrogen) atoms. The molecule has 0 amide bonds. The molecule has 0 fully saturated rings. The number of aryl methyl sites for hydroxylation is 1. The summed E-state index contributed by atoms with van der Waals surface area (Å²) in [7, 11) is 5.10. The molecule has 0 N–H and O–H groups in total. The molecule has 0 saturated carbocycles. The molecule has 0 saturated heterocycles. The summed E-state index contributed by atoms with van der Waals surface area (Å²) in [6.45, 7) is 2.06. The van der Waals surface area contributed by atoms with Crippen molar-refractivity contribution in [1.82, 2.24) is 14.8 Å². The van der Waals surface area contributed by atoms with Gasteiger partial charge in [-0.3, -0.25) is 0 Å². The Morgan fingerprint density at radius 1 is 0.939 bits per heavy atom. The van der Waals surface area contributed by atoms with Gasteiger partial charge in [0.1, 0.15) is 22.8 Å². The van der Waals surface area contributed by atoms with Crippen molar-refractivity contribution in [2.24, 2.45) is 7.05 Å². The third kappa shape index (κ3) is 4.14. The lowest BCUT2D eigenvalue weighted by Crippen LogP contribution is -2.10. The van der Waals surface area contributed by atoms with Crippen molar-refractivity contribution >= 4 is 28.8 Å². The molecule has 7 nitrogen and oxygen atoms in total. The zero-order chi connectivity index (χ0) is 23.5. The number of esters is 1. The Morgan fingerprint density at radius 2 is 1.48 bits per heavy atom. The van der Waals surface area contributed by atoms with E-state index in [4.69, 9.17) is 24.3 Å². The molecule has 4 rings (SSSR count). The zero-order valence-corrected chi connectivity index (χ0v) is 20.0. The standard InChI is InChI=1S/C25H25N3O4S/c1-6-32-25(29)20-21(15-7-11-17(30-3)12-8-15)26-24-19(23(20)33-5)22(27-28(24)2)16-9-13-18(31-4)14-10-16/h7-14H,6H2,1-5H3. The van der Waals surface area contributed by atoms with Crippen LogP contribution in [0.2, 0.25) is 0 Å².